The minimum atomic E-state index is -1.29. The molecule has 0 bridgehead atoms. The number of aryl methyl sites for hydroxylation is 1. The van der Waals surface area contributed by atoms with E-state index < -0.39 is 17.6 Å². The Bertz CT molecular complexity index is 1240. The van der Waals surface area contributed by atoms with Gasteiger partial charge in [-0.1, -0.05) is 41.4 Å². The second-order valence-electron chi connectivity index (χ2n) is 7.51. The lowest BCUT2D eigenvalue weighted by Gasteiger charge is -2.32. The lowest BCUT2D eigenvalue weighted by atomic mass is 10.0. The number of hydrogen-bond donors (Lipinski definition) is 1. The molecule has 1 aromatic heterocycles. The van der Waals surface area contributed by atoms with Gasteiger partial charge in [-0.2, -0.15) is 0 Å². The molecule has 8 heteroatoms. The van der Waals surface area contributed by atoms with E-state index in [9.17, 15) is 14.7 Å². The van der Waals surface area contributed by atoms with Crippen LogP contribution in [0.25, 0.3) is 11.3 Å². The molecule has 0 saturated carbocycles. The lowest BCUT2D eigenvalue weighted by Crippen LogP contribution is -2.27. The number of carboxylic acid groups (broad SMARTS) is 1. The summed E-state index contributed by atoms with van der Waals surface area (Å²) < 4.78 is 18.8. The van der Waals surface area contributed by atoms with Gasteiger partial charge in [0.15, 0.2) is 5.43 Å². The smallest absolute Gasteiger partial charge is 0.341 e. The van der Waals surface area contributed by atoms with Crippen molar-refractivity contribution in [1.29, 1.82) is 0 Å². The van der Waals surface area contributed by atoms with E-state index in [-0.39, 0.29) is 5.56 Å². The van der Waals surface area contributed by atoms with Crippen molar-refractivity contribution in [2.45, 2.75) is 19.6 Å². The predicted octanol–water partition coefficient (Wildman–Crippen LogP) is 4.53. The quantitative estimate of drug-likeness (QED) is 0.527. The van der Waals surface area contributed by atoms with Gasteiger partial charge in [-0.25, -0.2) is 4.79 Å². The number of methoxy groups -OCH3 is 1. The van der Waals surface area contributed by atoms with Gasteiger partial charge in [0.05, 0.1) is 17.3 Å². The topological polar surface area (TPSA) is 87.0 Å². The highest BCUT2D eigenvalue weighted by Gasteiger charge is 2.29. The zero-order valence-corrected chi connectivity index (χ0v) is 18.4. The van der Waals surface area contributed by atoms with Crippen LogP contribution in [-0.2, 0) is 4.74 Å². The highest BCUT2D eigenvalue weighted by atomic mass is 35.5. The summed E-state index contributed by atoms with van der Waals surface area (Å²) in [5.41, 5.74) is 2.02. The number of fused-ring (bicyclic) bond motifs is 3. The maximum atomic E-state index is 12.5. The Hall–Kier alpha value is -3.29. The molecule has 3 aromatic rings. The van der Waals surface area contributed by atoms with Gasteiger partial charge in [-0.15, -0.1) is 0 Å². The van der Waals surface area contributed by atoms with E-state index >= 15 is 0 Å². The van der Waals surface area contributed by atoms with Crippen LogP contribution < -0.4 is 14.9 Å². The molecular formula is C24H22ClNO6. The van der Waals surface area contributed by atoms with Crippen LogP contribution in [0.2, 0.25) is 5.02 Å². The Labute approximate surface area is 189 Å². The summed E-state index contributed by atoms with van der Waals surface area (Å²) in [7, 11) is 1.63. The Balaban J connectivity index is 1.84. The van der Waals surface area contributed by atoms with Crippen molar-refractivity contribution in [3.8, 4) is 22.8 Å². The maximum Gasteiger partial charge on any atom is 0.341 e. The minimum absolute atomic E-state index is 0.331. The molecule has 0 fully saturated rings. The third-order valence-corrected chi connectivity index (χ3v) is 5.48. The Morgan fingerprint density at radius 2 is 2.03 bits per heavy atom. The molecule has 0 saturated heterocycles. The molecule has 1 unspecified atom stereocenters. The fourth-order valence-corrected chi connectivity index (χ4v) is 3.90. The number of halogens is 1. The summed E-state index contributed by atoms with van der Waals surface area (Å²) >= 11 is 6.44. The van der Waals surface area contributed by atoms with Crippen molar-refractivity contribution in [1.82, 2.24) is 4.57 Å². The number of nitrogens with zero attached hydrogens (tertiary/aromatic N) is 1. The standard InChI is InChI=1S/C24H22ClNO6/c1-14-5-3-6-15(9-14)23-26-13-17(24(28)29)20(27)11-19(26)16-10-18(25)22(12-21(16)32-23)31-8-4-7-30-2/h3,5-6,9-13,23H,4,7-8H2,1-2H3,(H,28,29). The van der Waals surface area contributed by atoms with Gasteiger partial charge in [-0.3, -0.25) is 4.79 Å². The Morgan fingerprint density at radius 3 is 2.75 bits per heavy atom. The molecule has 0 amide bonds. The van der Waals surface area contributed by atoms with E-state index in [1.807, 2.05) is 31.2 Å². The number of carboxylic acids is 1. The van der Waals surface area contributed by atoms with Crippen LogP contribution in [0.3, 0.4) is 0 Å². The fraction of sp³-hybridized carbons (Fsp3) is 0.250. The van der Waals surface area contributed by atoms with E-state index in [2.05, 4.69) is 0 Å². The summed E-state index contributed by atoms with van der Waals surface area (Å²) in [6.45, 7) is 2.95. The molecule has 0 radical (unpaired) electrons. The molecule has 166 valence electrons. The Morgan fingerprint density at radius 1 is 1.22 bits per heavy atom. The average molecular weight is 456 g/mol. The molecule has 2 heterocycles. The molecule has 1 aliphatic heterocycles. The van der Waals surface area contributed by atoms with Crippen molar-refractivity contribution in [2.75, 3.05) is 20.3 Å². The second-order valence-corrected chi connectivity index (χ2v) is 7.91. The van der Waals surface area contributed by atoms with Crippen LogP contribution in [0.4, 0.5) is 0 Å². The molecule has 7 nitrogen and oxygen atoms in total. The SMILES string of the molecule is COCCCOc1cc2c(cc1Cl)-c1cc(=O)c(C(=O)O)cn1C(c1cccc(C)c1)O2. The predicted molar refractivity (Wildman–Crippen MR) is 120 cm³/mol. The number of benzene rings is 2. The molecule has 1 aliphatic rings. The maximum absolute atomic E-state index is 12.5. The number of carbonyl (C=O) groups is 1. The van der Waals surface area contributed by atoms with E-state index in [1.54, 1.807) is 23.8 Å². The zero-order valence-electron chi connectivity index (χ0n) is 17.6. The van der Waals surface area contributed by atoms with Gasteiger partial charge in [0.1, 0.15) is 17.1 Å². The van der Waals surface area contributed by atoms with E-state index in [0.717, 1.165) is 11.1 Å². The van der Waals surface area contributed by atoms with E-state index in [0.29, 0.717) is 47.4 Å². The average Bonchev–Trinajstić information content (AvgIpc) is 2.76. The molecule has 2 aromatic carbocycles. The molecule has 0 aliphatic carbocycles. The number of aromatic nitrogens is 1. The summed E-state index contributed by atoms with van der Waals surface area (Å²) in [5, 5.41) is 9.83. The van der Waals surface area contributed by atoms with Crippen LogP contribution in [0.5, 0.6) is 11.5 Å². The van der Waals surface area contributed by atoms with Crippen molar-refractivity contribution < 1.29 is 24.1 Å². The van der Waals surface area contributed by atoms with Crippen molar-refractivity contribution in [3.63, 3.8) is 0 Å². The van der Waals surface area contributed by atoms with Crippen LogP contribution in [0.1, 0.15) is 34.1 Å². The van der Waals surface area contributed by atoms with Crippen LogP contribution in [0.15, 0.2) is 53.5 Å². The normalized spacial score (nSPS) is 14.3. The monoisotopic (exact) mass is 455 g/mol. The first-order valence-electron chi connectivity index (χ1n) is 10.1. The van der Waals surface area contributed by atoms with Crippen molar-refractivity contribution >= 4 is 17.6 Å². The minimum Gasteiger partial charge on any atom is -0.492 e. The van der Waals surface area contributed by atoms with Crippen LogP contribution >= 0.6 is 11.6 Å². The lowest BCUT2D eigenvalue weighted by molar-refractivity contribution is 0.0693. The summed E-state index contributed by atoms with van der Waals surface area (Å²) in [4.78, 5) is 24.1. The Kier molecular flexibility index (Phi) is 6.21. The number of rotatable bonds is 7. The zero-order chi connectivity index (χ0) is 22.8. The first-order chi connectivity index (χ1) is 15.4. The third-order valence-electron chi connectivity index (χ3n) is 5.19. The first kappa shape index (κ1) is 21.9. The number of ether oxygens (including phenoxy) is 3. The first-order valence-corrected chi connectivity index (χ1v) is 10.4. The van der Waals surface area contributed by atoms with Crippen molar-refractivity contribution in [2.24, 2.45) is 0 Å². The van der Waals surface area contributed by atoms with E-state index in [4.69, 9.17) is 25.8 Å². The van der Waals surface area contributed by atoms with Crippen molar-refractivity contribution in [3.05, 3.63) is 80.6 Å². The molecule has 32 heavy (non-hydrogen) atoms. The molecule has 4 rings (SSSR count). The number of hydrogen-bond acceptors (Lipinski definition) is 5. The number of aromatic carboxylic acids is 1. The third kappa shape index (κ3) is 4.22. The van der Waals surface area contributed by atoms with Gasteiger partial charge >= 0.3 is 5.97 Å². The van der Waals surface area contributed by atoms with E-state index in [1.165, 1.54) is 12.3 Å². The molecule has 0 spiro atoms. The molecule has 1 atom stereocenters. The van der Waals surface area contributed by atoms with Gasteiger partial charge in [-0.05, 0) is 13.0 Å². The highest BCUT2D eigenvalue weighted by molar-refractivity contribution is 6.32. The summed E-state index contributed by atoms with van der Waals surface area (Å²) in [6.07, 6.45) is 1.35. The molecule has 1 N–H and O–H groups in total. The van der Waals surface area contributed by atoms with Gasteiger partial charge in [0, 0.05) is 49.6 Å². The summed E-state index contributed by atoms with van der Waals surface area (Å²) in [5.74, 6) is -0.343. The molecular weight excluding hydrogens is 434 g/mol. The highest BCUT2D eigenvalue weighted by Crippen LogP contribution is 2.44. The van der Waals surface area contributed by atoms with Gasteiger partial charge in [0.25, 0.3) is 0 Å². The summed E-state index contributed by atoms with van der Waals surface area (Å²) in [6, 6.07) is 12.4. The van der Waals surface area contributed by atoms with Gasteiger partial charge < -0.3 is 23.9 Å². The number of pyridine rings is 1. The fourth-order valence-electron chi connectivity index (χ4n) is 3.68. The van der Waals surface area contributed by atoms with Gasteiger partial charge in [0.2, 0.25) is 6.23 Å². The largest absolute Gasteiger partial charge is 0.492 e. The second kappa shape index (κ2) is 9.06. The van der Waals surface area contributed by atoms with Crippen LogP contribution in [0, 0.1) is 6.92 Å². The van der Waals surface area contributed by atoms with Crippen LogP contribution in [-0.4, -0.2) is 36.0 Å².